The Morgan fingerprint density at radius 2 is 2.17 bits per heavy atom. The molecular formula is C16H19N3O3S. The second kappa shape index (κ2) is 6.64. The molecular weight excluding hydrogens is 314 g/mol. The Bertz CT molecular complexity index is 842. The topological polar surface area (TPSA) is 87.1 Å². The number of amides is 1. The number of aromatic amines is 1. The molecule has 3 N–H and O–H groups in total. The van der Waals surface area contributed by atoms with Crippen molar-refractivity contribution in [3.63, 3.8) is 0 Å². The number of nitrogens with zero attached hydrogens (tertiary/aromatic N) is 1. The lowest BCUT2D eigenvalue weighted by molar-refractivity contribution is -0.122. The van der Waals surface area contributed by atoms with Crippen LogP contribution in [0, 0.1) is 4.77 Å². The predicted octanol–water partition coefficient (Wildman–Crippen LogP) is 1.48. The van der Waals surface area contributed by atoms with Crippen LogP contribution < -0.4 is 10.9 Å². The lowest BCUT2D eigenvalue weighted by atomic mass is 10.2. The Labute approximate surface area is 138 Å². The van der Waals surface area contributed by atoms with E-state index in [0.29, 0.717) is 15.7 Å². The van der Waals surface area contributed by atoms with Crippen LogP contribution in [0.3, 0.4) is 0 Å². The van der Waals surface area contributed by atoms with E-state index in [1.165, 1.54) is 4.57 Å². The van der Waals surface area contributed by atoms with Crippen LogP contribution in [0.25, 0.3) is 10.9 Å². The van der Waals surface area contributed by atoms with Gasteiger partial charge in [-0.05, 0) is 43.6 Å². The number of benzene rings is 1. The molecule has 0 radical (unpaired) electrons. The van der Waals surface area contributed by atoms with E-state index >= 15 is 0 Å². The lowest BCUT2D eigenvalue weighted by Gasteiger charge is -2.16. The van der Waals surface area contributed by atoms with Crippen molar-refractivity contribution in [2.75, 3.05) is 0 Å². The number of rotatable bonds is 4. The first-order valence-electron chi connectivity index (χ1n) is 7.75. The van der Waals surface area contributed by atoms with Crippen LogP contribution in [-0.4, -0.2) is 32.7 Å². The maximum atomic E-state index is 12.5. The van der Waals surface area contributed by atoms with Gasteiger partial charge in [-0.1, -0.05) is 12.1 Å². The molecule has 1 amide bonds. The summed E-state index contributed by atoms with van der Waals surface area (Å²) in [5, 5.41) is 13.1. The van der Waals surface area contributed by atoms with E-state index in [9.17, 15) is 14.7 Å². The minimum atomic E-state index is -0.467. The fourth-order valence-corrected chi connectivity index (χ4v) is 3.29. The molecule has 1 aliphatic carbocycles. The number of nitrogens with one attached hydrogen (secondary N) is 2. The van der Waals surface area contributed by atoms with E-state index < -0.39 is 6.10 Å². The monoisotopic (exact) mass is 333 g/mol. The molecule has 1 fully saturated rings. The van der Waals surface area contributed by atoms with Crippen molar-refractivity contribution in [3.8, 4) is 0 Å². The number of fused-ring (bicyclic) bond motifs is 1. The van der Waals surface area contributed by atoms with Crippen molar-refractivity contribution in [2.24, 2.45) is 0 Å². The first-order valence-corrected chi connectivity index (χ1v) is 8.16. The third-order valence-corrected chi connectivity index (χ3v) is 4.60. The van der Waals surface area contributed by atoms with Crippen LogP contribution >= 0.6 is 12.2 Å². The minimum absolute atomic E-state index is 0.152. The third kappa shape index (κ3) is 3.35. The van der Waals surface area contributed by atoms with Gasteiger partial charge in [-0.3, -0.25) is 14.2 Å². The summed E-state index contributed by atoms with van der Waals surface area (Å²) in [6.45, 7) is 0.216. The highest BCUT2D eigenvalue weighted by Crippen LogP contribution is 2.18. The van der Waals surface area contributed by atoms with Gasteiger partial charge < -0.3 is 15.4 Å². The van der Waals surface area contributed by atoms with Gasteiger partial charge in [-0.2, -0.15) is 0 Å². The molecule has 1 aromatic heterocycles. The normalized spacial score (nSPS) is 20.7. The summed E-state index contributed by atoms with van der Waals surface area (Å²) in [5.74, 6) is -0.176. The van der Waals surface area contributed by atoms with Crippen molar-refractivity contribution < 1.29 is 9.90 Å². The van der Waals surface area contributed by atoms with Crippen LogP contribution in [0.15, 0.2) is 29.1 Å². The lowest BCUT2D eigenvalue weighted by Crippen LogP contribution is -2.40. The maximum Gasteiger partial charge on any atom is 0.262 e. The van der Waals surface area contributed by atoms with Gasteiger partial charge in [-0.25, -0.2) is 0 Å². The molecule has 0 bridgehead atoms. The van der Waals surface area contributed by atoms with Gasteiger partial charge in [0, 0.05) is 13.0 Å². The molecule has 2 aromatic rings. The van der Waals surface area contributed by atoms with Gasteiger partial charge in [0.1, 0.15) is 0 Å². The summed E-state index contributed by atoms with van der Waals surface area (Å²) >= 11 is 5.22. The van der Waals surface area contributed by atoms with E-state index in [4.69, 9.17) is 12.2 Å². The maximum absolute atomic E-state index is 12.5. The van der Waals surface area contributed by atoms with Gasteiger partial charge >= 0.3 is 0 Å². The Morgan fingerprint density at radius 1 is 1.39 bits per heavy atom. The zero-order valence-corrected chi connectivity index (χ0v) is 13.4. The number of para-hydroxylation sites is 1. The summed E-state index contributed by atoms with van der Waals surface area (Å²) in [7, 11) is 0. The van der Waals surface area contributed by atoms with Crippen molar-refractivity contribution in [3.05, 3.63) is 39.4 Å². The fourth-order valence-electron chi connectivity index (χ4n) is 3.00. The zero-order chi connectivity index (χ0) is 16.4. The first kappa shape index (κ1) is 15.9. The van der Waals surface area contributed by atoms with Gasteiger partial charge in [0.25, 0.3) is 5.56 Å². The second-order valence-electron chi connectivity index (χ2n) is 5.85. The van der Waals surface area contributed by atoms with Crippen LogP contribution in [0.2, 0.25) is 0 Å². The fraction of sp³-hybridized carbons (Fsp3) is 0.438. The van der Waals surface area contributed by atoms with Gasteiger partial charge in [0.2, 0.25) is 5.91 Å². The van der Waals surface area contributed by atoms with E-state index in [-0.39, 0.29) is 30.5 Å². The first-order chi connectivity index (χ1) is 11.1. The molecule has 1 saturated carbocycles. The molecule has 7 heteroatoms. The zero-order valence-electron chi connectivity index (χ0n) is 12.6. The van der Waals surface area contributed by atoms with Crippen molar-refractivity contribution >= 4 is 29.0 Å². The molecule has 0 aliphatic heterocycles. The molecule has 1 heterocycles. The number of aliphatic hydroxyl groups is 1. The largest absolute Gasteiger partial charge is 0.391 e. The number of H-pyrrole nitrogens is 1. The highest BCUT2D eigenvalue weighted by Gasteiger charge is 2.26. The number of aromatic nitrogens is 2. The Morgan fingerprint density at radius 3 is 2.91 bits per heavy atom. The quantitative estimate of drug-likeness (QED) is 0.740. The van der Waals surface area contributed by atoms with E-state index in [1.807, 2.05) is 6.07 Å². The number of aliphatic hydroxyl groups excluding tert-OH is 1. The van der Waals surface area contributed by atoms with E-state index in [0.717, 1.165) is 19.3 Å². The molecule has 122 valence electrons. The highest BCUT2D eigenvalue weighted by atomic mass is 32.1. The Balaban J connectivity index is 1.73. The van der Waals surface area contributed by atoms with Gasteiger partial charge in [0.15, 0.2) is 4.77 Å². The summed E-state index contributed by atoms with van der Waals surface area (Å²) in [6.07, 6.45) is 2.12. The van der Waals surface area contributed by atoms with Crippen LogP contribution in [0.1, 0.15) is 25.7 Å². The second-order valence-corrected chi connectivity index (χ2v) is 6.24. The van der Waals surface area contributed by atoms with E-state index in [1.54, 1.807) is 18.2 Å². The van der Waals surface area contributed by atoms with Crippen LogP contribution in [-0.2, 0) is 11.3 Å². The van der Waals surface area contributed by atoms with Crippen molar-refractivity contribution in [1.82, 2.24) is 14.9 Å². The number of hydrogen-bond acceptors (Lipinski definition) is 4. The average Bonchev–Trinajstić information content (AvgIpc) is 2.92. The van der Waals surface area contributed by atoms with Crippen LogP contribution in [0.4, 0.5) is 0 Å². The van der Waals surface area contributed by atoms with E-state index in [2.05, 4.69) is 10.3 Å². The molecule has 2 atom stereocenters. The van der Waals surface area contributed by atoms with Crippen molar-refractivity contribution in [1.29, 1.82) is 0 Å². The SMILES string of the molecule is O=C(CCn1c(=S)[nH]c2ccccc2c1=O)N[C@@H]1CCC[C@H]1O. The molecule has 3 rings (SSSR count). The van der Waals surface area contributed by atoms with Crippen LogP contribution in [0.5, 0.6) is 0 Å². The summed E-state index contributed by atoms with van der Waals surface area (Å²) in [5.41, 5.74) is 0.496. The molecule has 0 unspecified atom stereocenters. The number of carbonyl (C=O) groups is 1. The average molecular weight is 333 g/mol. The molecule has 23 heavy (non-hydrogen) atoms. The minimum Gasteiger partial charge on any atom is -0.391 e. The van der Waals surface area contributed by atoms with Gasteiger partial charge in [-0.15, -0.1) is 0 Å². The highest BCUT2D eigenvalue weighted by molar-refractivity contribution is 7.71. The summed E-state index contributed by atoms with van der Waals surface area (Å²) in [6, 6.07) is 6.97. The molecule has 1 aliphatic rings. The summed E-state index contributed by atoms with van der Waals surface area (Å²) in [4.78, 5) is 27.5. The molecule has 6 nitrogen and oxygen atoms in total. The smallest absolute Gasteiger partial charge is 0.262 e. The molecule has 0 spiro atoms. The molecule has 1 aromatic carbocycles. The summed E-state index contributed by atoms with van der Waals surface area (Å²) < 4.78 is 1.71. The molecule has 0 saturated heterocycles. The number of carbonyl (C=O) groups excluding carboxylic acids is 1. The number of hydrogen-bond donors (Lipinski definition) is 3. The Kier molecular flexibility index (Phi) is 4.58. The third-order valence-electron chi connectivity index (χ3n) is 4.28. The van der Waals surface area contributed by atoms with Crippen molar-refractivity contribution in [2.45, 2.75) is 44.4 Å². The Hall–Kier alpha value is -1.99. The standard InChI is InChI=1S/C16H19N3O3S/c20-13-7-3-6-12(13)17-14(21)8-9-19-15(22)10-4-1-2-5-11(10)18-16(19)23/h1-2,4-5,12-13,20H,3,6-9H2,(H,17,21)(H,18,23)/t12-,13-/m1/s1. The van der Waals surface area contributed by atoms with Gasteiger partial charge in [0.05, 0.1) is 23.0 Å². The predicted molar refractivity (Wildman–Crippen MR) is 89.8 cm³/mol.